The summed E-state index contributed by atoms with van der Waals surface area (Å²) in [6.45, 7) is 5.86. The van der Waals surface area contributed by atoms with Crippen molar-refractivity contribution in [3.8, 4) is 0 Å². The fourth-order valence-electron chi connectivity index (χ4n) is 2.23. The molecule has 0 amide bonds. The first-order valence-corrected chi connectivity index (χ1v) is 6.33. The molecule has 1 unspecified atom stereocenters. The van der Waals surface area contributed by atoms with Crippen molar-refractivity contribution in [3.63, 3.8) is 0 Å². The third-order valence-electron chi connectivity index (χ3n) is 3.20. The first kappa shape index (κ1) is 13.8. The van der Waals surface area contributed by atoms with E-state index in [1.165, 1.54) is 0 Å². The summed E-state index contributed by atoms with van der Waals surface area (Å²) in [7, 11) is 3.32. The highest BCUT2D eigenvalue weighted by Crippen LogP contribution is 2.21. The van der Waals surface area contributed by atoms with E-state index in [1.807, 2.05) is 23.1 Å². The lowest BCUT2D eigenvalue weighted by Crippen LogP contribution is -2.25. The molecule has 0 radical (unpaired) electrons. The van der Waals surface area contributed by atoms with Crippen LogP contribution in [0.1, 0.15) is 12.6 Å². The molecule has 2 aromatic heterocycles. The number of nitrogens with two attached hydrogens (primary N) is 1. The molecule has 106 valence electrons. The fourth-order valence-corrected chi connectivity index (χ4v) is 2.23. The van der Waals surface area contributed by atoms with Gasteiger partial charge in [0, 0.05) is 20.8 Å². The predicted molar refractivity (Wildman–Crippen MR) is 73.0 cm³/mol. The molecule has 7 heteroatoms. The van der Waals surface area contributed by atoms with E-state index in [4.69, 9.17) is 15.2 Å². The summed E-state index contributed by atoms with van der Waals surface area (Å²) in [5, 5.41) is 4.45. The molecule has 0 aliphatic rings. The van der Waals surface area contributed by atoms with Gasteiger partial charge in [-0.3, -0.25) is 4.57 Å². The van der Waals surface area contributed by atoms with Crippen LogP contribution in [0, 0.1) is 6.92 Å². The summed E-state index contributed by atoms with van der Waals surface area (Å²) in [6, 6.07) is 0. The number of ether oxygens (including phenoxy) is 2. The lowest BCUT2D eigenvalue weighted by atomic mass is 10.3. The third-order valence-corrected chi connectivity index (χ3v) is 3.20. The van der Waals surface area contributed by atoms with Crippen molar-refractivity contribution in [2.24, 2.45) is 0 Å². The standard InChI is InChI=1S/C12H21N5O2/c1-5-17-11-10(8(2)15-17)14-12(13)16(11)6-9(19-4)7-18-3/h9H,5-7H2,1-4H3,(H2,13,14). The Hall–Kier alpha value is -1.60. The van der Waals surface area contributed by atoms with E-state index in [1.54, 1.807) is 14.2 Å². The number of fused-ring (bicyclic) bond motifs is 1. The maximum Gasteiger partial charge on any atom is 0.202 e. The molecule has 0 aliphatic heterocycles. The van der Waals surface area contributed by atoms with Crippen LogP contribution in [-0.4, -0.2) is 46.3 Å². The Kier molecular flexibility index (Phi) is 4.06. The van der Waals surface area contributed by atoms with Gasteiger partial charge in [0.25, 0.3) is 0 Å². The highest BCUT2D eigenvalue weighted by Gasteiger charge is 2.19. The molecule has 19 heavy (non-hydrogen) atoms. The zero-order valence-corrected chi connectivity index (χ0v) is 11.9. The van der Waals surface area contributed by atoms with Gasteiger partial charge in [0.2, 0.25) is 5.95 Å². The van der Waals surface area contributed by atoms with Crippen molar-refractivity contribution in [2.75, 3.05) is 26.6 Å². The minimum Gasteiger partial charge on any atom is -0.382 e. The molecule has 0 bridgehead atoms. The number of hydrogen-bond acceptors (Lipinski definition) is 5. The zero-order chi connectivity index (χ0) is 14.0. The van der Waals surface area contributed by atoms with Crippen LogP contribution >= 0.6 is 0 Å². The van der Waals surface area contributed by atoms with Crippen LogP contribution in [0.4, 0.5) is 5.95 Å². The Morgan fingerprint density at radius 1 is 1.37 bits per heavy atom. The number of anilines is 1. The second-order valence-electron chi connectivity index (χ2n) is 4.47. The molecule has 2 rings (SSSR count). The summed E-state index contributed by atoms with van der Waals surface area (Å²) in [5.41, 5.74) is 8.69. The summed E-state index contributed by atoms with van der Waals surface area (Å²) in [5.74, 6) is 0.482. The molecule has 0 aliphatic carbocycles. The number of nitrogen functional groups attached to an aromatic ring is 1. The molecular weight excluding hydrogens is 246 g/mol. The zero-order valence-electron chi connectivity index (χ0n) is 11.9. The van der Waals surface area contributed by atoms with Crippen molar-refractivity contribution in [2.45, 2.75) is 33.0 Å². The molecule has 0 aromatic carbocycles. The van der Waals surface area contributed by atoms with Gasteiger partial charge in [0.1, 0.15) is 5.52 Å². The van der Waals surface area contributed by atoms with Gasteiger partial charge in [-0.15, -0.1) is 0 Å². The molecule has 2 heterocycles. The van der Waals surface area contributed by atoms with Gasteiger partial charge in [-0.05, 0) is 13.8 Å². The van der Waals surface area contributed by atoms with E-state index in [0.29, 0.717) is 19.1 Å². The van der Waals surface area contributed by atoms with Gasteiger partial charge in [-0.1, -0.05) is 0 Å². The van der Waals surface area contributed by atoms with Gasteiger partial charge >= 0.3 is 0 Å². The summed E-state index contributed by atoms with van der Waals surface area (Å²) < 4.78 is 14.4. The summed E-state index contributed by atoms with van der Waals surface area (Å²) >= 11 is 0. The number of aromatic nitrogens is 4. The Labute approximate surface area is 112 Å². The molecule has 7 nitrogen and oxygen atoms in total. The van der Waals surface area contributed by atoms with Crippen LogP contribution in [0.3, 0.4) is 0 Å². The maximum atomic E-state index is 6.00. The highest BCUT2D eigenvalue weighted by atomic mass is 16.5. The smallest absolute Gasteiger partial charge is 0.202 e. The summed E-state index contributed by atoms with van der Waals surface area (Å²) in [6.07, 6.45) is -0.0646. The monoisotopic (exact) mass is 267 g/mol. The van der Waals surface area contributed by atoms with Gasteiger partial charge in [0.05, 0.1) is 24.9 Å². The molecule has 0 spiro atoms. The molecule has 0 saturated carbocycles. The third kappa shape index (κ3) is 2.43. The van der Waals surface area contributed by atoms with Gasteiger partial charge < -0.3 is 15.2 Å². The number of aryl methyl sites for hydroxylation is 2. The predicted octanol–water partition coefficient (Wildman–Crippen LogP) is 0.805. The second-order valence-corrected chi connectivity index (χ2v) is 4.47. The minimum atomic E-state index is -0.0646. The van der Waals surface area contributed by atoms with Crippen molar-refractivity contribution >= 4 is 17.1 Å². The lowest BCUT2D eigenvalue weighted by Gasteiger charge is -2.16. The van der Waals surface area contributed by atoms with E-state index < -0.39 is 0 Å². The molecule has 2 N–H and O–H groups in total. The van der Waals surface area contributed by atoms with Crippen LogP contribution in [0.2, 0.25) is 0 Å². The molecule has 1 atom stereocenters. The number of nitrogens with zero attached hydrogens (tertiary/aromatic N) is 4. The van der Waals surface area contributed by atoms with Gasteiger partial charge in [-0.2, -0.15) is 5.10 Å². The number of hydrogen-bond donors (Lipinski definition) is 1. The summed E-state index contributed by atoms with van der Waals surface area (Å²) in [4.78, 5) is 4.39. The molecule has 0 saturated heterocycles. The van der Waals surface area contributed by atoms with Crippen LogP contribution in [0.5, 0.6) is 0 Å². The lowest BCUT2D eigenvalue weighted by molar-refractivity contribution is 0.0191. The quantitative estimate of drug-likeness (QED) is 0.837. The topological polar surface area (TPSA) is 80.1 Å². The SMILES string of the molecule is CCn1nc(C)c2nc(N)n(CC(COC)OC)c21. The van der Waals surface area contributed by atoms with Crippen molar-refractivity contribution in [3.05, 3.63) is 5.69 Å². The minimum absolute atomic E-state index is 0.0646. The van der Waals surface area contributed by atoms with Crippen LogP contribution in [0.15, 0.2) is 0 Å². The largest absolute Gasteiger partial charge is 0.382 e. The Morgan fingerprint density at radius 3 is 2.68 bits per heavy atom. The second kappa shape index (κ2) is 5.58. The Bertz CT molecular complexity index is 560. The van der Waals surface area contributed by atoms with E-state index in [2.05, 4.69) is 10.1 Å². The number of imidazole rings is 1. The highest BCUT2D eigenvalue weighted by molar-refractivity contribution is 5.77. The molecule has 0 fully saturated rings. The van der Waals surface area contributed by atoms with E-state index >= 15 is 0 Å². The normalized spacial score (nSPS) is 13.3. The van der Waals surface area contributed by atoms with Crippen molar-refractivity contribution in [1.82, 2.24) is 19.3 Å². The molecular formula is C12H21N5O2. The van der Waals surface area contributed by atoms with Gasteiger partial charge in [0.15, 0.2) is 5.65 Å². The Balaban J connectivity index is 2.43. The first-order valence-electron chi connectivity index (χ1n) is 6.33. The maximum absolute atomic E-state index is 6.00. The average molecular weight is 267 g/mol. The van der Waals surface area contributed by atoms with E-state index in [0.717, 1.165) is 23.4 Å². The van der Waals surface area contributed by atoms with Crippen molar-refractivity contribution in [1.29, 1.82) is 0 Å². The average Bonchev–Trinajstić information content (AvgIpc) is 2.88. The van der Waals surface area contributed by atoms with Crippen LogP contribution in [-0.2, 0) is 22.6 Å². The number of rotatable bonds is 6. The van der Waals surface area contributed by atoms with E-state index in [9.17, 15) is 0 Å². The van der Waals surface area contributed by atoms with Crippen LogP contribution < -0.4 is 5.73 Å². The van der Waals surface area contributed by atoms with Crippen molar-refractivity contribution < 1.29 is 9.47 Å². The number of methoxy groups -OCH3 is 2. The van der Waals surface area contributed by atoms with E-state index in [-0.39, 0.29) is 6.10 Å². The first-order chi connectivity index (χ1) is 9.12. The van der Waals surface area contributed by atoms with Gasteiger partial charge in [-0.25, -0.2) is 9.67 Å². The van der Waals surface area contributed by atoms with Crippen LogP contribution in [0.25, 0.3) is 11.2 Å². The Morgan fingerprint density at radius 2 is 2.11 bits per heavy atom. The molecule has 2 aromatic rings. The fraction of sp³-hybridized carbons (Fsp3) is 0.667.